The van der Waals surface area contributed by atoms with E-state index in [0.29, 0.717) is 11.5 Å². The molecule has 0 aliphatic rings. The van der Waals surface area contributed by atoms with E-state index in [1.54, 1.807) is 4.80 Å². The number of hydrogen-bond donors (Lipinski definition) is 1. The first-order valence-corrected chi connectivity index (χ1v) is 12.0. The normalized spacial score (nSPS) is 11.3. The van der Waals surface area contributed by atoms with Gasteiger partial charge in [-0.3, -0.25) is 4.79 Å². The van der Waals surface area contributed by atoms with Gasteiger partial charge in [0, 0.05) is 30.0 Å². The molecular formula is C28H33N5O. The Morgan fingerprint density at radius 3 is 2.15 bits per heavy atom. The Bertz CT molecular complexity index is 1320. The number of carbonyl (C=O) groups excluding carboxylic acids is 1. The van der Waals surface area contributed by atoms with Crippen LogP contribution in [0.5, 0.6) is 0 Å². The van der Waals surface area contributed by atoms with E-state index in [9.17, 15) is 4.79 Å². The highest BCUT2D eigenvalue weighted by atomic mass is 16.1. The first-order valence-electron chi connectivity index (χ1n) is 12.0. The molecule has 0 atom stereocenters. The molecule has 4 aromatic rings. The highest BCUT2D eigenvalue weighted by Gasteiger charge is 2.14. The van der Waals surface area contributed by atoms with Crippen LogP contribution in [0.3, 0.4) is 0 Å². The quantitative estimate of drug-likeness (QED) is 0.357. The van der Waals surface area contributed by atoms with Crippen molar-refractivity contribution in [3.05, 3.63) is 76.9 Å². The number of anilines is 2. The maximum atomic E-state index is 12.8. The lowest BCUT2D eigenvalue weighted by Gasteiger charge is -2.22. The third-order valence-electron chi connectivity index (χ3n) is 6.34. The van der Waals surface area contributed by atoms with Gasteiger partial charge in [-0.2, -0.15) is 4.80 Å². The number of nitrogens with zero attached hydrogens (tertiary/aromatic N) is 4. The Kier molecular flexibility index (Phi) is 6.68. The van der Waals surface area contributed by atoms with Crippen molar-refractivity contribution in [1.82, 2.24) is 15.0 Å². The summed E-state index contributed by atoms with van der Waals surface area (Å²) in [5.41, 5.74) is 8.33. The number of amides is 1. The van der Waals surface area contributed by atoms with Gasteiger partial charge in [-0.25, -0.2) is 0 Å². The maximum Gasteiger partial charge on any atom is 0.255 e. The third-order valence-corrected chi connectivity index (χ3v) is 6.34. The largest absolute Gasteiger partial charge is 0.372 e. The summed E-state index contributed by atoms with van der Waals surface area (Å²) in [5, 5.41) is 12.5. The second kappa shape index (κ2) is 9.67. The topological polar surface area (TPSA) is 63.1 Å². The van der Waals surface area contributed by atoms with Crippen molar-refractivity contribution in [2.24, 2.45) is 0 Å². The van der Waals surface area contributed by atoms with E-state index in [1.165, 1.54) is 11.3 Å². The summed E-state index contributed by atoms with van der Waals surface area (Å²) >= 11 is 0. The summed E-state index contributed by atoms with van der Waals surface area (Å²) in [6, 6.07) is 18.0. The lowest BCUT2D eigenvalue weighted by molar-refractivity contribution is 0.102. The Morgan fingerprint density at radius 2 is 1.56 bits per heavy atom. The van der Waals surface area contributed by atoms with Gasteiger partial charge in [0.05, 0.1) is 5.69 Å². The van der Waals surface area contributed by atoms with Gasteiger partial charge in [0.1, 0.15) is 11.0 Å². The van der Waals surface area contributed by atoms with Crippen LogP contribution in [0.25, 0.3) is 16.7 Å². The number of nitrogens with one attached hydrogen (secondary N) is 1. The molecule has 1 amide bonds. The molecule has 4 rings (SSSR count). The molecular weight excluding hydrogens is 422 g/mol. The first-order chi connectivity index (χ1) is 16.3. The molecule has 6 nitrogen and oxygen atoms in total. The molecule has 1 heterocycles. The summed E-state index contributed by atoms with van der Waals surface area (Å²) in [6.45, 7) is 14.6. The Balaban J connectivity index is 1.60. The summed E-state index contributed by atoms with van der Waals surface area (Å²) < 4.78 is 0. The van der Waals surface area contributed by atoms with Crippen LogP contribution < -0.4 is 10.2 Å². The molecule has 0 bridgehead atoms. The molecule has 0 aliphatic heterocycles. The van der Waals surface area contributed by atoms with Gasteiger partial charge >= 0.3 is 0 Å². The van der Waals surface area contributed by atoms with Gasteiger partial charge in [0.25, 0.3) is 5.91 Å². The molecule has 1 aromatic heterocycles. The van der Waals surface area contributed by atoms with Gasteiger partial charge in [0.2, 0.25) is 0 Å². The van der Waals surface area contributed by atoms with Crippen molar-refractivity contribution in [3.63, 3.8) is 0 Å². The van der Waals surface area contributed by atoms with E-state index < -0.39 is 0 Å². The van der Waals surface area contributed by atoms with E-state index in [4.69, 9.17) is 10.2 Å². The second-order valence-corrected chi connectivity index (χ2v) is 9.02. The lowest BCUT2D eigenvalue weighted by atomic mass is 10.0. The molecule has 176 valence electrons. The van der Waals surface area contributed by atoms with Gasteiger partial charge in [-0.15, -0.1) is 10.2 Å². The molecule has 0 aliphatic carbocycles. The van der Waals surface area contributed by atoms with Gasteiger partial charge in [-0.05, 0) is 92.8 Å². The van der Waals surface area contributed by atoms with Crippen molar-refractivity contribution in [2.75, 3.05) is 23.3 Å². The van der Waals surface area contributed by atoms with E-state index >= 15 is 0 Å². The van der Waals surface area contributed by atoms with Gasteiger partial charge in [0.15, 0.2) is 0 Å². The summed E-state index contributed by atoms with van der Waals surface area (Å²) in [5.74, 6) is 0.300. The number of hydrogen-bond acceptors (Lipinski definition) is 4. The summed E-state index contributed by atoms with van der Waals surface area (Å²) in [6.07, 6.45) is 0. The first kappa shape index (κ1) is 23.5. The van der Waals surface area contributed by atoms with Crippen molar-refractivity contribution in [1.29, 1.82) is 0 Å². The van der Waals surface area contributed by atoms with E-state index in [1.807, 2.05) is 43.3 Å². The number of aromatic nitrogens is 3. The molecule has 0 spiro atoms. The van der Waals surface area contributed by atoms with Crippen LogP contribution in [-0.2, 0) is 0 Å². The minimum atomic E-state index is -0.131. The minimum Gasteiger partial charge on any atom is -0.372 e. The van der Waals surface area contributed by atoms with Crippen LogP contribution in [0, 0.1) is 13.8 Å². The monoisotopic (exact) mass is 455 g/mol. The third kappa shape index (κ3) is 4.67. The van der Waals surface area contributed by atoms with Crippen molar-refractivity contribution in [2.45, 2.75) is 47.5 Å². The predicted molar refractivity (Wildman–Crippen MR) is 140 cm³/mol. The van der Waals surface area contributed by atoms with Crippen molar-refractivity contribution >= 4 is 28.3 Å². The summed E-state index contributed by atoms with van der Waals surface area (Å²) in [7, 11) is 0. The van der Waals surface area contributed by atoms with Gasteiger partial charge in [-0.1, -0.05) is 26.0 Å². The molecule has 0 radical (unpaired) electrons. The van der Waals surface area contributed by atoms with E-state index in [2.05, 4.69) is 63.0 Å². The fraction of sp³-hybridized carbons (Fsp3) is 0.321. The van der Waals surface area contributed by atoms with Crippen LogP contribution in [0.15, 0.2) is 54.6 Å². The molecule has 0 saturated heterocycles. The minimum absolute atomic E-state index is 0.131. The molecule has 0 fully saturated rings. The standard InChI is InChI=1S/C28H33N5O/c1-7-32(8-2)23-13-14-27(20(6)15-23)33-30-25-16-19(5)24(17-26(25)31-33)29-28(34)22-11-9-21(10-12-22)18(3)4/h9-18H,7-8H2,1-6H3,(H,29,34). The molecule has 1 N–H and O–H groups in total. The maximum absolute atomic E-state index is 12.8. The number of rotatable bonds is 7. The smallest absolute Gasteiger partial charge is 0.255 e. The Morgan fingerprint density at radius 1 is 0.912 bits per heavy atom. The number of aryl methyl sites for hydroxylation is 2. The second-order valence-electron chi connectivity index (χ2n) is 9.02. The molecule has 6 heteroatoms. The zero-order valence-electron chi connectivity index (χ0n) is 20.9. The fourth-order valence-corrected chi connectivity index (χ4v) is 4.17. The zero-order valence-corrected chi connectivity index (χ0v) is 20.9. The summed E-state index contributed by atoms with van der Waals surface area (Å²) in [4.78, 5) is 16.8. The molecule has 0 saturated carbocycles. The predicted octanol–water partition coefficient (Wildman–Crippen LogP) is 6.26. The van der Waals surface area contributed by atoms with Gasteiger partial charge < -0.3 is 10.2 Å². The van der Waals surface area contributed by atoms with Crippen LogP contribution in [0.4, 0.5) is 11.4 Å². The molecule has 0 unspecified atom stereocenters. The van der Waals surface area contributed by atoms with Crippen molar-refractivity contribution < 1.29 is 4.79 Å². The van der Waals surface area contributed by atoms with Crippen molar-refractivity contribution in [3.8, 4) is 5.69 Å². The fourth-order valence-electron chi connectivity index (χ4n) is 4.17. The van der Waals surface area contributed by atoms with Crippen LogP contribution in [0.1, 0.15) is 60.7 Å². The van der Waals surface area contributed by atoms with E-state index in [0.717, 1.165) is 46.6 Å². The Hall–Kier alpha value is -3.67. The SMILES string of the molecule is CCN(CC)c1ccc(-n2nc3cc(C)c(NC(=O)c4ccc(C(C)C)cc4)cc3n2)c(C)c1. The molecule has 34 heavy (non-hydrogen) atoms. The number of fused-ring (bicyclic) bond motifs is 1. The highest BCUT2D eigenvalue weighted by Crippen LogP contribution is 2.25. The zero-order chi connectivity index (χ0) is 24.4. The van der Waals surface area contributed by atoms with Crippen LogP contribution in [0.2, 0.25) is 0 Å². The van der Waals surface area contributed by atoms with Crippen LogP contribution in [-0.4, -0.2) is 34.0 Å². The van der Waals surface area contributed by atoms with Crippen LogP contribution >= 0.6 is 0 Å². The average Bonchev–Trinajstić information content (AvgIpc) is 3.22. The average molecular weight is 456 g/mol. The Labute approximate surface area is 201 Å². The molecule has 3 aromatic carbocycles. The highest BCUT2D eigenvalue weighted by molar-refractivity contribution is 6.05. The number of benzene rings is 3. The number of carbonyl (C=O) groups is 1. The lowest BCUT2D eigenvalue weighted by Crippen LogP contribution is -2.21. The van der Waals surface area contributed by atoms with E-state index in [-0.39, 0.29) is 5.91 Å².